The number of guanidine groups is 1. The predicted molar refractivity (Wildman–Crippen MR) is 80.0 cm³/mol. The molecule has 2 rings (SSSR count). The minimum atomic E-state index is 0.518. The minimum Gasteiger partial charge on any atom is -0.370 e. The minimum absolute atomic E-state index is 0.518. The molecule has 1 aromatic heterocycles. The number of hydrogen-bond acceptors (Lipinski definition) is 2. The molecule has 2 N–H and O–H groups in total. The van der Waals surface area contributed by atoms with E-state index < -0.39 is 0 Å². The molecule has 2 aromatic rings. The maximum Gasteiger partial charge on any atom is 0.191 e. The first-order valence-electron chi connectivity index (χ1n) is 6.63. The van der Waals surface area contributed by atoms with Crippen molar-refractivity contribution in [3.63, 3.8) is 0 Å². The lowest BCUT2D eigenvalue weighted by molar-refractivity contribution is 0.458. The number of nitrogens with zero attached hydrogens (tertiary/aromatic N) is 3. The number of fused-ring (bicyclic) bond motifs is 1. The van der Waals surface area contributed by atoms with E-state index >= 15 is 0 Å². The highest BCUT2D eigenvalue weighted by atomic mass is 15.2. The van der Waals surface area contributed by atoms with Gasteiger partial charge >= 0.3 is 0 Å². The van der Waals surface area contributed by atoms with Crippen molar-refractivity contribution in [2.45, 2.75) is 20.4 Å². The van der Waals surface area contributed by atoms with Crippen molar-refractivity contribution in [1.82, 2.24) is 9.88 Å². The average Bonchev–Trinajstić information content (AvgIpc) is 2.46. The van der Waals surface area contributed by atoms with Crippen molar-refractivity contribution >= 4 is 16.7 Å². The van der Waals surface area contributed by atoms with E-state index in [2.05, 4.69) is 36.0 Å². The Labute approximate surface area is 114 Å². The first-order chi connectivity index (χ1) is 9.26. The Bertz CT molecular complexity index is 568. The van der Waals surface area contributed by atoms with Crippen LogP contribution in [0.25, 0.3) is 10.8 Å². The summed E-state index contributed by atoms with van der Waals surface area (Å²) in [7, 11) is 0. The number of aliphatic imine (C=N–C) groups is 1. The SMILES string of the molecule is CCN(CC)C(N)=NCc1nccc2ccccc12. The second kappa shape index (κ2) is 6.18. The lowest BCUT2D eigenvalue weighted by Gasteiger charge is -2.19. The standard InChI is InChI=1S/C15H20N4/c1-3-19(4-2)15(16)18-11-14-13-8-6-5-7-12(13)9-10-17-14/h5-10H,3-4,11H2,1-2H3,(H2,16,18). The van der Waals surface area contributed by atoms with Gasteiger partial charge < -0.3 is 10.6 Å². The van der Waals surface area contributed by atoms with Crippen LogP contribution in [0, 0.1) is 0 Å². The van der Waals surface area contributed by atoms with E-state index in [4.69, 9.17) is 5.73 Å². The van der Waals surface area contributed by atoms with Crippen LogP contribution in [-0.4, -0.2) is 28.9 Å². The second-order valence-corrected chi connectivity index (χ2v) is 4.33. The van der Waals surface area contributed by atoms with E-state index in [1.54, 1.807) is 0 Å². The van der Waals surface area contributed by atoms with Gasteiger partial charge in [-0.3, -0.25) is 4.98 Å². The molecule has 0 fully saturated rings. The van der Waals surface area contributed by atoms with Gasteiger partial charge in [-0.2, -0.15) is 0 Å². The van der Waals surface area contributed by atoms with Crippen LogP contribution >= 0.6 is 0 Å². The smallest absolute Gasteiger partial charge is 0.191 e. The third-order valence-corrected chi connectivity index (χ3v) is 3.23. The molecule has 0 saturated carbocycles. The van der Waals surface area contributed by atoms with Crippen molar-refractivity contribution in [2.75, 3.05) is 13.1 Å². The summed E-state index contributed by atoms with van der Waals surface area (Å²) in [6.45, 7) is 6.40. The largest absolute Gasteiger partial charge is 0.370 e. The van der Waals surface area contributed by atoms with Crippen LogP contribution in [0.4, 0.5) is 0 Å². The van der Waals surface area contributed by atoms with Gasteiger partial charge in [-0.15, -0.1) is 0 Å². The Hall–Kier alpha value is -2.10. The summed E-state index contributed by atoms with van der Waals surface area (Å²) in [5, 5.41) is 2.32. The number of rotatable bonds is 4. The van der Waals surface area contributed by atoms with Gasteiger partial charge in [0.25, 0.3) is 0 Å². The molecule has 1 heterocycles. The Morgan fingerprint density at radius 1 is 1.21 bits per heavy atom. The third-order valence-electron chi connectivity index (χ3n) is 3.23. The van der Waals surface area contributed by atoms with Crippen LogP contribution in [0.3, 0.4) is 0 Å². The Balaban J connectivity index is 2.24. The Morgan fingerprint density at radius 3 is 2.68 bits per heavy atom. The van der Waals surface area contributed by atoms with Crippen LogP contribution in [0.1, 0.15) is 19.5 Å². The summed E-state index contributed by atoms with van der Waals surface area (Å²) < 4.78 is 0. The molecule has 0 aliphatic carbocycles. The summed E-state index contributed by atoms with van der Waals surface area (Å²) in [5.41, 5.74) is 6.94. The maximum absolute atomic E-state index is 5.98. The fourth-order valence-electron chi connectivity index (χ4n) is 2.11. The van der Waals surface area contributed by atoms with Crippen molar-refractivity contribution in [3.8, 4) is 0 Å². The summed E-state index contributed by atoms with van der Waals surface area (Å²) in [6.07, 6.45) is 1.82. The van der Waals surface area contributed by atoms with Gasteiger partial charge in [0.2, 0.25) is 0 Å². The van der Waals surface area contributed by atoms with Gasteiger partial charge in [0.05, 0.1) is 12.2 Å². The van der Waals surface area contributed by atoms with Gasteiger partial charge in [0, 0.05) is 24.7 Å². The Kier molecular flexibility index (Phi) is 4.34. The van der Waals surface area contributed by atoms with E-state index in [1.807, 2.05) is 29.3 Å². The molecular formula is C15H20N4. The summed E-state index contributed by atoms with van der Waals surface area (Å²) in [5.74, 6) is 0.583. The first kappa shape index (κ1) is 13.3. The first-order valence-corrected chi connectivity index (χ1v) is 6.63. The van der Waals surface area contributed by atoms with Gasteiger partial charge in [-0.25, -0.2) is 4.99 Å². The van der Waals surface area contributed by atoms with Crippen molar-refractivity contribution in [1.29, 1.82) is 0 Å². The quantitative estimate of drug-likeness (QED) is 0.675. The summed E-state index contributed by atoms with van der Waals surface area (Å²) >= 11 is 0. The van der Waals surface area contributed by atoms with E-state index in [9.17, 15) is 0 Å². The molecular weight excluding hydrogens is 236 g/mol. The zero-order valence-corrected chi connectivity index (χ0v) is 11.5. The van der Waals surface area contributed by atoms with Gasteiger partial charge in [0.15, 0.2) is 5.96 Å². The molecule has 0 radical (unpaired) electrons. The van der Waals surface area contributed by atoms with Crippen LogP contribution in [0.2, 0.25) is 0 Å². The molecule has 0 aliphatic heterocycles. The van der Waals surface area contributed by atoms with E-state index in [0.29, 0.717) is 12.5 Å². The molecule has 100 valence electrons. The number of nitrogens with two attached hydrogens (primary N) is 1. The molecule has 4 nitrogen and oxygen atoms in total. The third kappa shape index (κ3) is 3.02. The molecule has 1 aromatic carbocycles. The molecule has 4 heteroatoms. The van der Waals surface area contributed by atoms with Crippen molar-refractivity contribution in [3.05, 3.63) is 42.2 Å². The normalized spacial score (nSPS) is 11.8. The lowest BCUT2D eigenvalue weighted by atomic mass is 10.1. The molecule has 0 unspecified atom stereocenters. The molecule has 0 bridgehead atoms. The van der Waals surface area contributed by atoms with Crippen LogP contribution < -0.4 is 5.73 Å². The van der Waals surface area contributed by atoms with Crippen LogP contribution in [-0.2, 0) is 6.54 Å². The van der Waals surface area contributed by atoms with E-state index in [-0.39, 0.29) is 0 Å². The maximum atomic E-state index is 5.98. The summed E-state index contributed by atoms with van der Waals surface area (Å²) in [6, 6.07) is 10.2. The fraction of sp³-hybridized carbons (Fsp3) is 0.333. The molecule has 19 heavy (non-hydrogen) atoms. The monoisotopic (exact) mass is 256 g/mol. The number of aromatic nitrogens is 1. The number of hydrogen-bond donors (Lipinski definition) is 1. The zero-order chi connectivity index (χ0) is 13.7. The predicted octanol–water partition coefficient (Wildman–Crippen LogP) is 2.39. The highest BCUT2D eigenvalue weighted by Gasteiger charge is 2.04. The van der Waals surface area contributed by atoms with Crippen LogP contribution in [0.5, 0.6) is 0 Å². The van der Waals surface area contributed by atoms with Crippen LogP contribution in [0.15, 0.2) is 41.5 Å². The average molecular weight is 256 g/mol. The fourth-order valence-corrected chi connectivity index (χ4v) is 2.11. The summed E-state index contributed by atoms with van der Waals surface area (Å²) in [4.78, 5) is 10.9. The van der Waals surface area contributed by atoms with E-state index in [0.717, 1.165) is 24.2 Å². The van der Waals surface area contributed by atoms with Gasteiger partial charge in [0.1, 0.15) is 0 Å². The molecule has 0 atom stereocenters. The van der Waals surface area contributed by atoms with E-state index in [1.165, 1.54) is 5.39 Å². The van der Waals surface area contributed by atoms with Gasteiger partial charge in [-0.1, -0.05) is 24.3 Å². The molecule has 0 aliphatic rings. The second-order valence-electron chi connectivity index (χ2n) is 4.33. The van der Waals surface area contributed by atoms with Crippen molar-refractivity contribution < 1.29 is 0 Å². The van der Waals surface area contributed by atoms with Crippen molar-refractivity contribution in [2.24, 2.45) is 10.7 Å². The zero-order valence-electron chi connectivity index (χ0n) is 11.5. The topological polar surface area (TPSA) is 54.5 Å². The molecule has 0 amide bonds. The Morgan fingerprint density at radius 2 is 1.95 bits per heavy atom. The lowest BCUT2D eigenvalue weighted by Crippen LogP contribution is -2.37. The molecule has 0 saturated heterocycles. The van der Waals surface area contributed by atoms with Gasteiger partial charge in [-0.05, 0) is 25.3 Å². The molecule has 0 spiro atoms. The highest BCUT2D eigenvalue weighted by molar-refractivity contribution is 5.84. The highest BCUT2D eigenvalue weighted by Crippen LogP contribution is 2.16. The number of benzene rings is 1. The number of pyridine rings is 1.